The first-order valence-corrected chi connectivity index (χ1v) is 11.9. The summed E-state index contributed by atoms with van der Waals surface area (Å²) in [5.74, 6) is 1.06. The van der Waals surface area contributed by atoms with E-state index >= 15 is 0 Å². The maximum atomic E-state index is 13.6. The number of methoxy groups -OCH3 is 1. The van der Waals surface area contributed by atoms with Crippen molar-refractivity contribution in [2.75, 3.05) is 39.9 Å². The number of ether oxygens (including phenoxy) is 2. The largest absolute Gasteiger partial charge is 0.493 e. The van der Waals surface area contributed by atoms with E-state index in [1.807, 2.05) is 25.1 Å². The SMILES string of the molecule is CCOc1ccc([C@@H]2c3c(oc4ccccc4c3=O)C(=O)N2CCCN(CC)CC)cc1OC. The van der Waals surface area contributed by atoms with E-state index in [4.69, 9.17) is 13.9 Å². The minimum Gasteiger partial charge on any atom is -0.493 e. The molecule has 3 aromatic rings. The quantitative estimate of drug-likeness (QED) is 0.441. The van der Waals surface area contributed by atoms with Crippen LogP contribution in [0.1, 0.15) is 54.9 Å². The minimum absolute atomic E-state index is 0.129. The fourth-order valence-electron chi connectivity index (χ4n) is 4.68. The van der Waals surface area contributed by atoms with E-state index in [0.29, 0.717) is 41.2 Å². The van der Waals surface area contributed by atoms with Crippen LogP contribution in [0.15, 0.2) is 51.7 Å². The van der Waals surface area contributed by atoms with Gasteiger partial charge in [-0.2, -0.15) is 0 Å². The van der Waals surface area contributed by atoms with Gasteiger partial charge in [-0.3, -0.25) is 9.59 Å². The monoisotopic (exact) mass is 464 g/mol. The second-order valence-corrected chi connectivity index (χ2v) is 8.29. The normalized spacial score (nSPS) is 15.3. The zero-order valence-corrected chi connectivity index (χ0v) is 20.3. The molecule has 0 bridgehead atoms. The Balaban J connectivity index is 1.81. The van der Waals surface area contributed by atoms with Crippen LogP contribution >= 0.6 is 0 Å². The van der Waals surface area contributed by atoms with Crippen LogP contribution in [-0.2, 0) is 0 Å². The zero-order chi connectivity index (χ0) is 24.2. The molecular formula is C27H32N2O5. The molecule has 0 N–H and O–H groups in total. The van der Waals surface area contributed by atoms with Crippen LogP contribution in [0.25, 0.3) is 11.0 Å². The van der Waals surface area contributed by atoms with Gasteiger partial charge in [-0.1, -0.05) is 32.0 Å². The molecule has 1 aliphatic rings. The first kappa shape index (κ1) is 23.8. The van der Waals surface area contributed by atoms with E-state index in [-0.39, 0.29) is 17.1 Å². The van der Waals surface area contributed by atoms with E-state index in [9.17, 15) is 9.59 Å². The van der Waals surface area contributed by atoms with Crippen LogP contribution in [0.5, 0.6) is 11.5 Å². The molecular weight excluding hydrogens is 432 g/mol. The summed E-state index contributed by atoms with van der Waals surface area (Å²) in [6.07, 6.45) is 0.791. The van der Waals surface area contributed by atoms with Crippen molar-refractivity contribution >= 4 is 16.9 Å². The molecule has 0 saturated heterocycles. The molecule has 2 aromatic carbocycles. The smallest absolute Gasteiger partial charge is 0.290 e. The Morgan fingerprint density at radius 1 is 1.03 bits per heavy atom. The topological polar surface area (TPSA) is 72.2 Å². The number of rotatable bonds is 10. The molecule has 0 radical (unpaired) electrons. The van der Waals surface area contributed by atoms with Gasteiger partial charge in [0.2, 0.25) is 5.76 Å². The van der Waals surface area contributed by atoms with Gasteiger partial charge in [-0.25, -0.2) is 0 Å². The molecule has 7 heteroatoms. The molecule has 2 heterocycles. The Morgan fingerprint density at radius 2 is 1.79 bits per heavy atom. The maximum Gasteiger partial charge on any atom is 0.290 e. The van der Waals surface area contributed by atoms with Gasteiger partial charge in [0.25, 0.3) is 5.91 Å². The molecule has 7 nitrogen and oxygen atoms in total. The molecule has 34 heavy (non-hydrogen) atoms. The number of carbonyl (C=O) groups is 1. The number of fused-ring (bicyclic) bond motifs is 2. The third kappa shape index (κ3) is 4.28. The van der Waals surface area contributed by atoms with E-state index in [0.717, 1.165) is 31.6 Å². The second-order valence-electron chi connectivity index (χ2n) is 8.29. The third-order valence-electron chi connectivity index (χ3n) is 6.44. The standard InChI is InChI=1S/C27H32N2O5/c1-5-28(6-2)15-10-16-29-24(18-13-14-21(33-7-3)22(17-18)32-4)23-25(30)19-11-8-9-12-20(19)34-26(23)27(29)31/h8-9,11-14,17,24H,5-7,10,15-16H2,1-4H3/t24-/m1/s1. The highest BCUT2D eigenvalue weighted by atomic mass is 16.5. The summed E-state index contributed by atoms with van der Waals surface area (Å²) in [4.78, 5) is 31.2. The first-order valence-electron chi connectivity index (χ1n) is 11.9. The second kappa shape index (κ2) is 10.3. The highest BCUT2D eigenvalue weighted by molar-refractivity contribution is 5.99. The molecule has 1 aliphatic heterocycles. The Morgan fingerprint density at radius 3 is 2.50 bits per heavy atom. The van der Waals surface area contributed by atoms with Crippen molar-refractivity contribution in [1.29, 1.82) is 0 Å². The molecule has 0 fully saturated rings. The summed E-state index contributed by atoms with van der Waals surface area (Å²) in [6.45, 7) is 9.96. The lowest BCUT2D eigenvalue weighted by Gasteiger charge is -2.27. The van der Waals surface area contributed by atoms with Crippen LogP contribution in [0.2, 0.25) is 0 Å². The predicted molar refractivity (Wildman–Crippen MR) is 132 cm³/mol. The highest BCUT2D eigenvalue weighted by Crippen LogP contribution is 2.41. The van der Waals surface area contributed by atoms with Crippen molar-refractivity contribution in [2.45, 2.75) is 33.2 Å². The van der Waals surface area contributed by atoms with Gasteiger partial charge in [0.05, 0.1) is 30.7 Å². The van der Waals surface area contributed by atoms with E-state index in [2.05, 4.69) is 18.7 Å². The lowest BCUT2D eigenvalue weighted by molar-refractivity contribution is 0.0720. The minimum atomic E-state index is -0.551. The molecule has 1 aromatic heterocycles. The fourth-order valence-corrected chi connectivity index (χ4v) is 4.68. The highest BCUT2D eigenvalue weighted by Gasteiger charge is 2.42. The van der Waals surface area contributed by atoms with Crippen LogP contribution in [0.3, 0.4) is 0 Å². The molecule has 1 atom stereocenters. The van der Waals surface area contributed by atoms with Crippen molar-refractivity contribution < 1.29 is 18.7 Å². The van der Waals surface area contributed by atoms with E-state index < -0.39 is 6.04 Å². The average molecular weight is 465 g/mol. The van der Waals surface area contributed by atoms with Crippen LogP contribution in [-0.4, -0.2) is 55.6 Å². The first-order chi connectivity index (χ1) is 16.5. The molecule has 180 valence electrons. The van der Waals surface area contributed by atoms with E-state index in [1.54, 1.807) is 36.3 Å². The average Bonchev–Trinajstić information content (AvgIpc) is 3.14. The Labute approximate surface area is 199 Å². The lowest BCUT2D eigenvalue weighted by atomic mass is 9.98. The third-order valence-corrected chi connectivity index (χ3v) is 6.44. The van der Waals surface area contributed by atoms with Crippen molar-refractivity contribution in [2.24, 2.45) is 0 Å². The van der Waals surface area contributed by atoms with Gasteiger partial charge in [0, 0.05) is 6.54 Å². The molecule has 4 rings (SSSR count). The van der Waals surface area contributed by atoms with Gasteiger partial charge < -0.3 is 23.7 Å². The predicted octanol–water partition coefficient (Wildman–Crippen LogP) is 4.48. The van der Waals surface area contributed by atoms with Crippen molar-refractivity contribution in [3.63, 3.8) is 0 Å². The number of benzene rings is 2. The molecule has 0 aliphatic carbocycles. The van der Waals surface area contributed by atoms with Gasteiger partial charge in [-0.05, 0) is 62.8 Å². The Hall–Kier alpha value is -3.32. The summed E-state index contributed by atoms with van der Waals surface area (Å²) >= 11 is 0. The Bertz CT molecular complexity index is 1230. The van der Waals surface area contributed by atoms with Gasteiger partial charge >= 0.3 is 0 Å². The van der Waals surface area contributed by atoms with Crippen molar-refractivity contribution in [3.05, 3.63) is 69.6 Å². The fraction of sp³-hybridized carbons (Fsp3) is 0.407. The summed E-state index contributed by atoms with van der Waals surface area (Å²) in [5.41, 5.74) is 1.43. The number of hydrogen-bond donors (Lipinski definition) is 0. The number of para-hydroxylation sites is 1. The molecule has 1 amide bonds. The van der Waals surface area contributed by atoms with Crippen LogP contribution in [0, 0.1) is 0 Å². The summed E-state index contributed by atoms with van der Waals surface area (Å²) in [5, 5.41) is 0.474. The number of hydrogen-bond acceptors (Lipinski definition) is 6. The van der Waals surface area contributed by atoms with E-state index in [1.165, 1.54) is 0 Å². The van der Waals surface area contributed by atoms with Crippen LogP contribution < -0.4 is 14.9 Å². The van der Waals surface area contributed by atoms with Crippen LogP contribution in [0.4, 0.5) is 0 Å². The number of amides is 1. The van der Waals surface area contributed by atoms with Gasteiger partial charge in [0.1, 0.15) is 5.58 Å². The molecule has 0 saturated carbocycles. The Kier molecular flexibility index (Phi) is 7.22. The van der Waals surface area contributed by atoms with Crippen molar-refractivity contribution in [1.82, 2.24) is 9.80 Å². The number of nitrogens with zero attached hydrogens (tertiary/aromatic N) is 2. The lowest BCUT2D eigenvalue weighted by Crippen LogP contribution is -2.33. The maximum absolute atomic E-state index is 13.6. The molecule has 0 unspecified atom stereocenters. The summed E-state index contributed by atoms with van der Waals surface area (Å²) in [6, 6.07) is 12.1. The van der Waals surface area contributed by atoms with Gasteiger partial charge in [0.15, 0.2) is 16.9 Å². The zero-order valence-electron chi connectivity index (χ0n) is 20.3. The van der Waals surface area contributed by atoms with Crippen molar-refractivity contribution in [3.8, 4) is 11.5 Å². The summed E-state index contributed by atoms with van der Waals surface area (Å²) in [7, 11) is 1.58. The summed E-state index contributed by atoms with van der Waals surface area (Å²) < 4.78 is 17.2. The van der Waals surface area contributed by atoms with Gasteiger partial charge in [-0.15, -0.1) is 0 Å². The number of carbonyl (C=O) groups excluding carboxylic acids is 1. The molecule has 0 spiro atoms.